The number of rotatable bonds is 15. The lowest BCUT2D eigenvalue weighted by Crippen LogP contribution is -1.97. The summed E-state index contributed by atoms with van der Waals surface area (Å²) in [4.78, 5) is 0. The Kier molecular flexibility index (Phi) is 13.0. The van der Waals surface area contributed by atoms with Crippen molar-refractivity contribution in [3.8, 4) is 0 Å². The number of benzene rings is 1. The molecule has 0 N–H and O–H groups in total. The van der Waals surface area contributed by atoms with Crippen molar-refractivity contribution in [2.75, 3.05) is 0 Å². The van der Waals surface area contributed by atoms with E-state index in [1.165, 1.54) is 95.5 Å². The zero-order valence-electron chi connectivity index (χ0n) is 15.9. The molecule has 0 aliphatic rings. The van der Waals surface area contributed by atoms with Crippen LogP contribution in [0.15, 0.2) is 30.3 Å². The van der Waals surface area contributed by atoms with Gasteiger partial charge in [-0.15, -0.1) is 0 Å². The van der Waals surface area contributed by atoms with Crippen molar-refractivity contribution in [2.24, 2.45) is 5.92 Å². The first kappa shape index (κ1) is 20.3. The smallest absolute Gasteiger partial charge is 0.0276 e. The van der Waals surface area contributed by atoms with Gasteiger partial charge in [-0.1, -0.05) is 121 Å². The fraction of sp³-hybridized carbons (Fsp3) is 0.739. The first-order chi connectivity index (χ1) is 11.3. The highest BCUT2D eigenvalue weighted by molar-refractivity contribution is 5.14. The van der Waals surface area contributed by atoms with E-state index < -0.39 is 0 Å². The Bertz CT molecular complexity index is 340. The zero-order valence-corrected chi connectivity index (χ0v) is 15.9. The topological polar surface area (TPSA) is 0 Å². The molecule has 0 nitrogen and oxygen atoms in total. The van der Waals surface area contributed by atoms with Crippen molar-refractivity contribution in [3.63, 3.8) is 0 Å². The van der Waals surface area contributed by atoms with Crippen molar-refractivity contribution >= 4 is 0 Å². The van der Waals surface area contributed by atoms with Crippen molar-refractivity contribution in [1.82, 2.24) is 0 Å². The van der Waals surface area contributed by atoms with E-state index in [2.05, 4.69) is 44.2 Å². The summed E-state index contributed by atoms with van der Waals surface area (Å²) in [7, 11) is 0. The summed E-state index contributed by atoms with van der Waals surface area (Å²) >= 11 is 0. The van der Waals surface area contributed by atoms with E-state index in [1.807, 2.05) is 0 Å². The Hall–Kier alpha value is -0.780. The molecular weight excluding hydrogens is 276 g/mol. The molecule has 0 amide bonds. The van der Waals surface area contributed by atoms with Gasteiger partial charge >= 0.3 is 0 Å². The van der Waals surface area contributed by atoms with Gasteiger partial charge in [0.25, 0.3) is 0 Å². The first-order valence-corrected chi connectivity index (χ1v) is 10.4. The summed E-state index contributed by atoms with van der Waals surface area (Å²) in [6, 6.07) is 10.9. The van der Waals surface area contributed by atoms with Crippen LogP contribution >= 0.6 is 0 Å². The van der Waals surface area contributed by atoms with Crippen LogP contribution in [0, 0.1) is 5.92 Å². The lowest BCUT2D eigenvalue weighted by molar-refractivity contribution is 0.454. The maximum Gasteiger partial charge on any atom is -0.0276 e. The monoisotopic (exact) mass is 316 g/mol. The van der Waals surface area contributed by atoms with E-state index in [4.69, 9.17) is 0 Å². The first-order valence-electron chi connectivity index (χ1n) is 10.4. The summed E-state index contributed by atoms with van der Waals surface area (Å²) in [5.41, 5.74) is 1.50. The molecule has 1 rings (SSSR count). The number of hydrogen-bond acceptors (Lipinski definition) is 0. The van der Waals surface area contributed by atoms with E-state index in [1.54, 1.807) is 0 Å². The van der Waals surface area contributed by atoms with Crippen LogP contribution in [0.4, 0.5) is 0 Å². The van der Waals surface area contributed by atoms with Gasteiger partial charge in [0, 0.05) is 0 Å². The molecule has 0 aromatic heterocycles. The minimum Gasteiger partial charge on any atom is -0.0654 e. The van der Waals surface area contributed by atoms with Crippen LogP contribution in [0.5, 0.6) is 0 Å². The molecular formula is C23H40. The molecule has 0 saturated heterocycles. The van der Waals surface area contributed by atoms with Gasteiger partial charge in [-0.25, -0.2) is 0 Å². The van der Waals surface area contributed by atoms with Crippen LogP contribution in [0.2, 0.25) is 0 Å². The lowest BCUT2D eigenvalue weighted by Gasteiger charge is -2.11. The third-order valence-corrected chi connectivity index (χ3v) is 5.07. The second kappa shape index (κ2) is 14.8. The molecule has 1 unspecified atom stereocenters. The predicted molar refractivity (Wildman–Crippen MR) is 105 cm³/mol. The maximum absolute atomic E-state index is 2.43. The predicted octanol–water partition coefficient (Wildman–Crippen LogP) is 7.96. The molecule has 1 aromatic carbocycles. The van der Waals surface area contributed by atoms with Gasteiger partial charge in [-0.2, -0.15) is 0 Å². The summed E-state index contributed by atoms with van der Waals surface area (Å²) in [6.45, 7) is 4.72. The van der Waals surface area contributed by atoms with E-state index in [0.29, 0.717) is 0 Å². The van der Waals surface area contributed by atoms with Gasteiger partial charge in [0.1, 0.15) is 0 Å². The third kappa shape index (κ3) is 12.3. The number of hydrogen-bond donors (Lipinski definition) is 0. The van der Waals surface area contributed by atoms with Crippen molar-refractivity contribution < 1.29 is 0 Å². The Labute approximate surface area is 146 Å². The maximum atomic E-state index is 2.43. The molecule has 0 aliphatic heterocycles. The molecule has 0 saturated carbocycles. The summed E-state index contributed by atoms with van der Waals surface area (Å²) < 4.78 is 0. The lowest BCUT2D eigenvalue weighted by atomic mass is 9.95. The van der Waals surface area contributed by atoms with Gasteiger partial charge < -0.3 is 0 Å². The van der Waals surface area contributed by atoms with E-state index in [-0.39, 0.29) is 0 Å². The average molecular weight is 317 g/mol. The van der Waals surface area contributed by atoms with Gasteiger partial charge in [-0.05, 0) is 24.3 Å². The van der Waals surface area contributed by atoms with Gasteiger partial charge in [0.05, 0.1) is 0 Å². The number of unbranched alkanes of at least 4 members (excludes halogenated alkanes) is 10. The highest BCUT2D eigenvalue weighted by atomic mass is 14.1. The zero-order chi connectivity index (χ0) is 16.6. The molecule has 0 bridgehead atoms. The highest BCUT2D eigenvalue weighted by Gasteiger charge is 2.02. The normalized spacial score (nSPS) is 12.4. The van der Waals surface area contributed by atoms with Crippen molar-refractivity contribution in [3.05, 3.63) is 35.9 Å². The van der Waals surface area contributed by atoms with Crippen molar-refractivity contribution in [2.45, 2.75) is 104 Å². The quantitative estimate of drug-likeness (QED) is 0.288. The summed E-state index contributed by atoms with van der Waals surface area (Å²) in [6.07, 6.45) is 20.0. The Morgan fingerprint density at radius 2 is 1.17 bits per heavy atom. The van der Waals surface area contributed by atoms with Crippen LogP contribution in [-0.4, -0.2) is 0 Å². The molecule has 0 aliphatic carbocycles. The largest absolute Gasteiger partial charge is 0.0654 e. The second-order valence-electron chi connectivity index (χ2n) is 7.45. The standard InChI is InChI=1S/C23H40/c1-3-4-5-6-7-8-9-10-11-12-14-17-22(2)20-21-23-18-15-13-16-19-23/h13,15-16,18-19,22H,3-12,14,17,20-21H2,1-2H3. The van der Waals surface area contributed by atoms with Crippen LogP contribution in [-0.2, 0) is 6.42 Å². The molecule has 132 valence electrons. The minimum atomic E-state index is 0.883. The minimum absolute atomic E-state index is 0.883. The summed E-state index contributed by atoms with van der Waals surface area (Å²) in [5, 5.41) is 0. The Balaban J connectivity index is 1.83. The Morgan fingerprint density at radius 1 is 0.652 bits per heavy atom. The van der Waals surface area contributed by atoms with Crippen LogP contribution in [0.3, 0.4) is 0 Å². The van der Waals surface area contributed by atoms with Crippen LogP contribution in [0.1, 0.15) is 103 Å². The van der Waals surface area contributed by atoms with E-state index in [0.717, 1.165) is 5.92 Å². The second-order valence-corrected chi connectivity index (χ2v) is 7.45. The van der Waals surface area contributed by atoms with Crippen molar-refractivity contribution in [1.29, 1.82) is 0 Å². The molecule has 0 heterocycles. The fourth-order valence-electron chi connectivity index (χ4n) is 3.36. The van der Waals surface area contributed by atoms with E-state index >= 15 is 0 Å². The summed E-state index contributed by atoms with van der Waals surface area (Å²) in [5.74, 6) is 0.883. The van der Waals surface area contributed by atoms with Gasteiger partial charge in [-0.3, -0.25) is 0 Å². The molecule has 0 spiro atoms. The molecule has 0 heteroatoms. The third-order valence-electron chi connectivity index (χ3n) is 5.07. The Morgan fingerprint density at radius 3 is 1.74 bits per heavy atom. The SMILES string of the molecule is CCCCCCCCCCCCCC(C)CCc1ccccc1. The highest BCUT2D eigenvalue weighted by Crippen LogP contribution is 2.17. The van der Waals surface area contributed by atoms with Gasteiger partial charge in [0.15, 0.2) is 0 Å². The molecule has 1 atom stereocenters. The van der Waals surface area contributed by atoms with Gasteiger partial charge in [0.2, 0.25) is 0 Å². The van der Waals surface area contributed by atoms with Crippen LogP contribution in [0.25, 0.3) is 0 Å². The molecule has 1 aromatic rings. The average Bonchev–Trinajstić information content (AvgIpc) is 2.59. The molecule has 0 fully saturated rings. The molecule has 0 radical (unpaired) electrons. The van der Waals surface area contributed by atoms with E-state index in [9.17, 15) is 0 Å². The van der Waals surface area contributed by atoms with Crippen LogP contribution < -0.4 is 0 Å². The fourth-order valence-corrected chi connectivity index (χ4v) is 3.36. The number of aryl methyl sites for hydroxylation is 1. The molecule has 23 heavy (non-hydrogen) atoms.